The van der Waals surface area contributed by atoms with E-state index < -0.39 is 27.8 Å². The van der Waals surface area contributed by atoms with Crippen LogP contribution in [0.4, 0.5) is 23.7 Å². The lowest BCUT2D eigenvalue weighted by molar-refractivity contribution is -0.138. The van der Waals surface area contributed by atoms with Gasteiger partial charge in [0.15, 0.2) is 0 Å². The SMILES string of the molecule is CNC(=O)c1cc(Oc2ccc(CNC(=O)Nc3cc(C(F)(F)F)c(C)cc3OCCNS(C)(=O)=O)cc2)ccn1. The Hall–Kier alpha value is -4.37. The summed E-state index contributed by atoms with van der Waals surface area (Å²) < 4.78 is 76.2. The lowest BCUT2D eigenvalue weighted by Crippen LogP contribution is -2.29. The molecule has 0 saturated carbocycles. The van der Waals surface area contributed by atoms with E-state index in [0.717, 1.165) is 18.4 Å². The van der Waals surface area contributed by atoms with Crippen molar-refractivity contribution < 1.29 is 40.7 Å². The molecule has 15 heteroatoms. The fraction of sp³-hybridized carbons (Fsp3) is 0.269. The maximum atomic E-state index is 13.5. The lowest BCUT2D eigenvalue weighted by atomic mass is 10.1. The van der Waals surface area contributed by atoms with Gasteiger partial charge in [0.05, 0.1) is 17.5 Å². The van der Waals surface area contributed by atoms with Crippen LogP contribution in [-0.2, 0) is 22.7 Å². The van der Waals surface area contributed by atoms with Crippen LogP contribution in [0.3, 0.4) is 0 Å². The molecule has 11 nitrogen and oxygen atoms in total. The van der Waals surface area contributed by atoms with E-state index in [-0.39, 0.29) is 48.3 Å². The van der Waals surface area contributed by atoms with E-state index in [2.05, 4.69) is 25.7 Å². The summed E-state index contributed by atoms with van der Waals surface area (Å²) in [5, 5.41) is 7.40. The highest BCUT2D eigenvalue weighted by Gasteiger charge is 2.33. The molecule has 0 atom stereocenters. The van der Waals surface area contributed by atoms with E-state index in [9.17, 15) is 31.2 Å². The van der Waals surface area contributed by atoms with Gasteiger partial charge < -0.3 is 25.4 Å². The van der Waals surface area contributed by atoms with Crippen LogP contribution in [-0.4, -0.2) is 51.8 Å². The number of rotatable bonds is 11. The van der Waals surface area contributed by atoms with Gasteiger partial charge in [-0.05, 0) is 48.4 Å². The fourth-order valence-corrected chi connectivity index (χ4v) is 3.93. The number of halogens is 3. The second-order valence-electron chi connectivity index (χ2n) is 8.69. The van der Waals surface area contributed by atoms with Crippen molar-refractivity contribution in [1.29, 1.82) is 0 Å². The summed E-state index contributed by atoms with van der Waals surface area (Å²) >= 11 is 0. The van der Waals surface area contributed by atoms with Gasteiger partial charge in [0.25, 0.3) is 5.91 Å². The standard InChI is InChI=1S/C26H28F3N5O6S/c1-16-12-23(39-11-10-33-41(3,37)38)21(14-20(16)26(27,28)29)34-25(36)32-15-17-4-6-18(7-5-17)40-19-8-9-31-22(13-19)24(35)30-2/h4-9,12-14,33H,10-11,15H2,1-3H3,(H,30,35)(H2,32,34,36). The molecule has 3 aromatic rings. The number of nitrogens with zero attached hydrogens (tertiary/aromatic N) is 1. The highest BCUT2D eigenvalue weighted by molar-refractivity contribution is 7.88. The predicted molar refractivity (Wildman–Crippen MR) is 145 cm³/mol. The third kappa shape index (κ3) is 9.65. The first-order chi connectivity index (χ1) is 19.2. The number of benzene rings is 2. The van der Waals surface area contributed by atoms with E-state index >= 15 is 0 Å². The van der Waals surface area contributed by atoms with Crippen LogP contribution >= 0.6 is 0 Å². The number of nitrogens with one attached hydrogen (secondary N) is 4. The molecule has 0 fully saturated rings. The van der Waals surface area contributed by atoms with Gasteiger partial charge in [0.2, 0.25) is 10.0 Å². The molecule has 41 heavy (non-hydrogen) atoms. The van der Waals surface area contributed by atoms with Crippen LogP contribution in [0, 0.1) is 6.92 Å². The molecule has 0 aliphatic rings. The Labute approximate surface area is 234 Å². The second kappa shape index (κ2) is 13.3. The smallest absolute Gasteiger partial charge is 0.416 e. The summed E-state index contributed by atoms with van der Waals surface area (Å²) in [5.41, 5.74) is -0.476. The van der Waals surface area contributed by atoms with Gasteiger partial charge in [-0.1, -0.05) is 12.1 Å². The van der Waals surface area contributed by atoms with E-state index in [1.54, 1.807) is 30.3 Å². The number of aryl methyl sites for hydroxylation is 1. The number of aromatic nitrogens is 1. The highest BCUT2D eigenvalue weighted by Crippen LogP contribution is 2.38. The lowest BCUT2D eigenvalue weighted by Gasteiger charge is -2.18. The molecule has 3 amide bonds. The minimum Gasteiger partial charge on any atom is -0.490 e. The van der Waals surface area contributed by atoms with Crippen molar-refractivity contribution in [3.8, 4) is 17.2 Å². The molecule has 0 aliphatic heterocycles. The van der Waals surface area contributed by atoms with Crippen LogP contribution in [0.15, 0.2) is 54.7 Å². The summed E-state index contributed by atoms with van der Waals surface area (Å²) in [6.45, 7) is 0.974. The summed E-state index contributed by atoms with van der Waals surface area (Å²) in [5.74, 6) is 0.431. The molecule has 0 radical (unpaired) electrons. The molecule has 0 spiro atoms. The van der Waals surface area contributed by atoms with Crippen molar-refractivity contribution in [2.45, 2.75) is 19.6 Å². The summed E-state index contributed by atoms with van der Waals surface area (Å²) in [6.07, 6.45) is -2.28. The number of hydrogen-bond acceptors (Lipinski definition) is 7. The van der Waals surface area contributed by atoms with Crippen LogP contribution in [0.1, 0.15) is 27.2 Å². The normalized spacial score (nSPS) is 11.5. The van der Waals surface area contributed by atoms with Crippen LogP contribution < -0.4 is 30.1 Å². The van der Waals surface area contributed by atoms with Gasteiger partial charge in [-0.2, -0.15) is 13.2 Å². The zero-order valence-corrected chi connectivity index (χ0v) is 23.1. The third-order valence-electron chi connectivity index (χ3n) is 5.41. The molecule has 0 unspecified atom stereocenters. The first-order valence-corrected chi connectivity index (χ1v) is 13.9. The van der Waals surface area contributed by atoms with Gasteiger partial charge in [-0.3, -0.25) is 9.78 Å². The Bertz CT molecular complexity index is 1500. The highest BCUT2D eigenvalue weighted by atomic mass is 32.2. The first-order valence-electron chi connectivity index (χ1n) is 12.0. The van der Waals surface area contributed by atoms with E-state index in [4.69, 9.17) is 9.47 Å². The van der Waals surface area contributed by atoms with Crippen molar-refractivity contribution in [3.63, 3.8) is 0 Å². The minimum atomic E-state index is -4.67. The number of anilines is 1. The van der Waals surface area contributed by atoms with E-state index in [1.807, 2.05) is 0 Å². The number of carbonyl (C=O) groups excluding carboxylic acids is 2. The molecule has 0 saturated heterocycles. The maximum absolute atomic E-state index is 13.5. The van der Waals surface area contributed by atoms with Crippen LogP contribution in [0.2, 0.25) is 0 Å². The number of pyridine rings is 1. The van der Waals surface area contributed by atoms with Gasteiger partial charge in [-0.25, -0.2) is 17.9 Å². The molecule has 1 heterocycles. The molecule has 220 valence electrons. The summed E-state index contributed by atoms with van der Waals surface area (Å²) in [4.78, 5) is 28.3. The number of carbonyl (C=O) groups is 2. The number of alkyl halides is 3. The topological polar surface area (TPSA) is 148 Å². The Morgan fingerprint density at radius 1 is 1.02 bits per heavy atom. The third-order valence-corrected chi connectivity index (χ3v) is 6.14. The minimum absolute atomic E-state index is 0.0364. The van der Waals surface area contributed by atoms with Gasteiger partial charge in [-0.15, -0.1) is 0 Å². The van der Waals surface area contributed by atoms with Crippen LogP contribution in [0.5, 0.6) is 17.2 Å². The second-order valence-corrected chi connectivity index (χ2v) is 10.5. The molecule has 0 aliphatic carbocycles. The average Bonchev–Trinajstić information content (AvgIpc) is 2.90. The maximum Gasteiger partial charge on any atom is 0.416 e. The number of sulfonamides is 1. The number of urea groups is 1. The van der Waals surface area contributed by atoms with Crippen molar-refractivity contribution in [1.82, 2.24) is 20.3 Å². The first kappa shape index (κ1) is 31.2. The quantitative estimate of drug-likeness (QED) is 0.247. The number of amides is 3. The van der Waals surface area contributed by atoms with Gasteiger partial charge in [0, 0.05) is 32.4 Å². The average molecular weight is 596 g/mol. The van der Waals surface area contributed by atoms with E-state index in [1.165, 1.54) is 26.2 Å². The predicted octanol–water partition coefficient (Wildman–Crippen LogP) is 3.81. The Morgan fingerprint density at radius 2 is 1.73 bits per heavy atom. The van der Waals surface area contributed by atoms with Crippen molar-refractivity contribution in [3.05, 3.63) is 77.1 Å². The largest absolute Gasteiger partial charge is 0.490 e. The molecule has 2 aromatic carbocycles. The van der Waals surface area contributed by atoms with E-state index in [0.29, 0.717) is 17.1 Å². The number of ether oxygens (including phenoxy) is 2. The molecular weight excluding hydrogens is 567 g/mol. The monoisotopic (exact) mass is 595 g/mol. The Kier molecular flexibility index (Phi) is 10.1. The van der Waals surface area contributed by atoms with Crippen LogP contribution in [0.25, 0.3) is 0 Å². The number of hydrogen-bond donors (Lipinski definition) is 4. The van der Waals surface area contributed by atoms with Gasteiger partial charge >= 0.3 is 12.2 Å². The molecule has 0 bridgehead atoms. The summed E-state index contributed by atoms with van der Waals surface area (Å²) in [7, 11) is -2.00. The summed E-state index contributed by atoms with van der Waals surface area (Å²) in [6, 6.07) is 10.8. The zero-order valence-electron chi connectivity index (χ0n) is 22.3. The molecule has 3 rings (SSSR count). The molecular formula is C26H28F3N5O6S. The Balaban J connectivity index is 1.64. The molecule has 1 aromatic heterocycles. The zero-order chi connectivity index (χ0) is 30.2. The fourth-order valence-electron chi connectivity index (χ4n) is 3.48. The molecule has 4 N–H and O–H groups in total. The van der Waals surface area contributed by atoms with Crippen molar-refractivity contribution in [2.75, 3.05) is 31.8 Å². The van der Waals surface area contributed by atoms with Gasteiger partial charge in [0.1, 0.15) is 29.5 Å². The Morgan fingerprint density at radius 3 is 2.37 bits per heavy atom. The van der Waals surface area contributed by atoms with Crippen molar-refractivity contribution in [2.24, 2.45) is 0 Å². The van der Waals surface area contributed by atoms with Crippen molar-refractivity contribution >= 4 is 27.6 Å².